The van der Waals surface area contributed by atoms with Crippen LogP contribution in [0.25, 0.3) is 0 Å². The highest BCUT2D eigenvalue weighted by Gasteiger charge is 2.31. The van der Waals surface area contributed by atoms with Gasteiger partial charge < -0.3 is 19.7 Å². The first-order valence-electron chi connectivity index (χ1n) is 9.96. The summed E-state index contributed by atoms with van der Waals surface area (Å²) in [4.78, 5) is 26.6. The molecule has 1 N–H and O–H groups in total. The average molecular weight is 380 g/mol. The molecule has 0 bridgehead atoms. The number of carbonyl (C=O) groups excluding carboxylic acids is 2. The number of nitrogens with one attached hydrogen (secondary N) is 1. The van der Waals surface area contributed by atoms with Gasteiger partial charge in [-0.15, -0.1) is 0 Å². The predicted octanol–water partition coefficient (Wildman–Crippen LogP) is 0.669. The summed E-state index contributed by atoms with van der Waals surface area (Å²) < 4.78 is 0. The van der Waals surface area contributed by atoms with E-state index in [1.54, 1.807) is 6.92 Å². The summed E-state index contributed by atoms with van der Waals surface area (Å²) in [7, 11) is 0. The second-order valence-electron chi connectivity index (χ2n) is 7.68. The van der Waals surface area contributed by atoms with Gasteiger partial charge in [0, 0.05) is 23.5 Å². The largest absolute Gasteiger partial charge is 0.550 e. The summed E-state index contributed by atoms with van der Waals surface area (Å²) in [5.41, 5.74) is 2.57. The van der Waals surface area contributed by atoms with E-state index in [1.807, 2.05) is 17.0 Å². The number of quaternary nitrogens is 1. The van der Waals surface area contributed by atoms with Crippen molar-refractivity contribution in [1.82, 2.24) is 4.90 Å². The highest BCUT2D eigenvalue weighted by molar-refractivity contribution is 5.77. The van der Waals surface area contributed by atoms with Crippen LogP contribution in [0.5, 0.6) is 0 Å². The van der Waals surface area contributed by atoms with Gasteiger partial charge in [0.1, 0.15) is 6.04 Å². The number of carbonyl (C=O) groups is 2. The fraction of sp³-hybridized carbons (Fsp3) is 0.391. The van der Waals surface area contributed by atoms with Crippen molar-refractivity contribution in [2.75, 3.05) is 26.2 Å². The van der Waals surface area contributed by atoms with E-state index in [4.69, 9.17) is 0 Å². The average Bonchev–Trinajstić information content (AvgIpc) is 2.70. The van der Waals surface area contributed by atoms with Crippen molar-refractivity contribution in [2.45, 2.75) is 25.8 Å². The van der Waals surface area contributed by atoms with Crippen LogP contribution < -0.4 is 10.0 Å². The minimum Gasteiger partial charge on any atom is -0.550 e. The Hall–Kier alpha value is -2.66. The highest BCUT2D eigenvalue weighted by atomic mass is 16.4. The van der Waals surface area contributed by atoms with E-state index in [0.29, 0.717) is 13.1 Å². The second-order valence-corrected chi connectivity index (χ2v) is 7.68. The molecular formula is C23H28N2O3. The Labute approximate surface area is 166 Å². The molecule has 1 atom stereocenters. The van der Waals surface area contributed by atoms with Gasteiger partial charge in [0.2, 0.25) is 5.91 Å². The lowest BCUT2D eigenvalue weighted by Crippen LogP contribution is -3.15. The van der Waals surface area contributed by atoms with Crippen molar-refractivity contribution in [1.29, 1.82) is 0 Å². The minimum atomic E-state index is -1.09. The molecule has 0 radical (unpaired) electrons. The van der Waals surface area contributed by atoms with Gasteiger partial charge in [0.15, 0.2) is 0 Å². The first-order valence-corrected chi connectivity index (χ1v) is 9.96. The lowest BCUT2D eigenvalue weighted by Gasteiger charge is -2.37. The summed E-state index contributed by atoms with van der Waals surface area (Å²) in [5, 5.41) is 10.7. The Kier molecular flexibility index (Phi) is 6.82. The van der Waals surface area contributed by atoms with Crippen LogP contribution in [0, 0.1) is 5.92 Å². The molecular weight excluding hydrogens is 352 g/mol. The molecule has 0 spiro atoms. The standard InChI is InChI=1S/C23H28N2O3/c1-18(17-22(27)28)16-21(26)24-12-14-25(15-13-24)23(19-8-4-2-5-9-19)20-10-6-3-7-11-20/h2-11,18,23H,12-17H2,1H3,(H,27,28)/t18-/m1/s1. The molecule has 5 heteroatoms. The maximum Gasteiger partial charge on any atom is 0.223 e. The van der Waals surface area contributed by atoms with Gasteiger partial charge in [-0.05, 0) is 12.3 Å². The van der Waals surface area contributed by atoms with Gasteiger partial charge in [-0.1, -0.05) is 67.6 Å². The molecule has 5 nitrogen and oxygen atoms in total. The van der Waals surface area contributed by atoms with E-state index >= 15 is 0 Å². The van der Waals surface area contributed by atoms with Crippen LogP contribution in [0.3, 0.4) is 0 Å². The normalized spacial score (nSPS) is 16.1. The molecule has 0 saturated carbocycles. The highest BCUT2D eigenvalue weighted by Crippen LogP contribution is 2.19. The third-order valence-corrected chi connectivity index (χ3v) is 5.47. The lowest BCUT2D eigenvalue weighted by atomic mass is 9.96. The molecule has 1 aliphatic rings. The Morgan fingerprint density at radius 2 is 1.43 bits per heavy atom. The molecule has 0 aliphatic carbocycles. The molecule has 1 saturated heterocycles. The fourth-order valence-corrected chi connectivity index (χ4v) is 4.07. The molecule has 1 heterocycles. The second kappa shape index (κ2) is 9.51. The molecule has 1 aliphatic heterocycles. The number of carboxylic acids is 1. The molecule has 1 amide bonds. The first kappa shape index (κ1) is 20.1. The Morgan fingerprint density at radius 3 is 1.89 bits per heavy atom. The third kappa shape index (κ3) is 5.20. The molecule has 0 aromatic heterocycles. The van der Waals surface area contributed by atoms with Crippen molar-refractivity contribution in [3.63, 3.8) is 0 Å². The smallest absolute Gasteiger partial charge is 0.223 e. The van der Waals surface area contributed by atoms with Crippen LogP contribution in [0.4, 0.5) is 0 Å². The number of rotatable bonds is 7. The number of piperazine rings is 1. The molecule has 28 heavy (non-hydrogen) atoms. The topological polar surface area (TPSA) is 64.9 Å². The van der Waals surface area contributed by atoms with Gasteiger partial charge in [0.05, 0.1) is 26.2 Å². The van der Waals surface area contributed by atoms with Crippen LogP contribution in [-0.4, -0.2) is 43.0 Å². The monoisotopic (exact) mass is 380 g/mol. The van der Waals surface area contributed by atoms with E-state index in [0.717, 1.165) is 13.1 Å². The van der Waals surface area contributed by atoms with Gasteiger partial charge in [-0.2, -0.15) is 0 Å². The molecule has 0 unspecified atom stereocenters. The third-order valence-electron chi connectivity index (χ3n) is 5.47. The maximum atomic E-state index is 12.5. The molecule has 1 fully saturated rings. The summed E-state index contributed by atoms with van der Waals surface area (Å²) in [5.74, 6) is -1.24. The SMILES string of the molecule is C[C@@H](CC(=O)[O-])CC(=O)N1CC[NH+](C(c2ccccc2)c2ccccc2)CC1. The Bertz CT molecular complexity index is 731. The number of amides is 1. The fourth-order valence-electron chi connectivity index (χ4n) is 4.07. The number of benzene rings is 2. The van der Waals surface area contributed by atoms with E-state index in [2.05, 4.69) is 48.5 Å². The number of hydrogen-bond donors (Lipinski definition) is 1. The zero-order valence-corrected chi connectivity index (χ0v) is 16.3. The summed E-state index contributed by atoms with van der Waals surface area (Å²) in [6, 6.07) is 21.3. The van der Waals surface area contributed by atoms with Gasteiger partial charge in [-0.3, -0.25) is 4.79 Å². The molecule has 3 rings (SSSR count). The molecule has 2 aromatic carbocycles. The van der Waals surface area contributed by atoms with Crippen LogP contribution in [0.2, 0.25) is 0 Å². The Morgan fingerprint density at radius 1 is 0.929 bits per heavy atom. The molecule has 2 aromatic rings. The van der Waals surface area contributed by atoms with Crippen LogP contribution in [-0.2, 0) is 9.59 Å². The van der Waals surface area contributed by atoms with Crippen molar-refractivity contribution in [2.24, 2.45) is 5.92 Å². The number of hydrogen-bond acceptors (Lipinski definition) is 3. The number of aliphatic carboxylic acids is 1. The predicted molar refractivity (Wildman–Crippen MR) is 105 cm³/mol. The minimum absolute atomic E-state index is 0.0452. The quantitative estimate of drug-likeness (QED) is 0.768. The first-order chi connectivity index (χ1) is 13.5. The van der Waals surface area contributed by atoms with Gasteiger partial charge >= 0.3 is 0 Å². The zero-order valence-electron chi connectivity index (χ0n) is 16.3. The van der Waals surface area contributed by atoms with Crippen molar-refractivity contribution >= 4 is 11.9 Å². The van der Waals surface area contributed by atoms with Crippen LogP contribution >= 0.6 is 0 Å². The molecule has 148 valence electrons. The number of nitrogens with zero attached hydrogens (tertiary/aromatic N) is 1. The van der Waals surface area contributed by atoms with Crippen LogP contribution in [0.15, 0.2) is 60.7 Å². The lowest BCUT2D eigenvalue weighted by molar-refractivity contribution is -0.929. The summed E-state index contributed by atoms with van der Waals surface area (Å²) in [6.07, 6.45) is 0.200. The summed E-state index contributed by atoms with van der Waals surface area (Å²) in [6.45, 7) is 4.92. The van der Waals surface area contributed by atoms with E-state index in [9.17, 15) is 14.7 Å². The van der Waals surface area contributed by atoms with E-state index in [-0.39, 0.29) is 30.7 Å². The van der Waals surface area contributed by atoms with Crippen LogP contribution in [0.1, 0.15) is 36.9 Å². The van der Waals surface area contributed by atoms with Gasteiger partial charge in [-0.25, -0.2) is 0 Å². The van der Waals surface area contributed by atoms with E-state index < -0.39 is 5.97 Å². The Balaban J connectivity index is 1.66. The van der Waals surface area contributed by atoms with Crippen molar-refractivity contribution in [3.8, 4) is 0 Å². The van der Waals surface area contributed by atoms with E-state index in [1.165, 1.54) is 16.0 Å². The van der Waals surface area contributed by atoms with Crippen molar-refractivity contribution < 1.29 is 19.6 Å². The summed E-state index contributed by atoms with van der Waals surface area (Å²) >= 11 is 0. The number of carboxylic acid groups (broad SMARTS) is 1. The maximum absolute atomic E-state index is 12.5. The van der Waals surface area contributed by atoms with Crippen molar-refractivity contribution in [3.05, 3.63) is 71.8 Å². The zero-order chi connectivity index (χ0) is 19.9. The van der Waals surface area contributed by atoms with Gasteiger partial charge in [0.25, 0.3) is 0 Å².